The first-order valence-corrected chi connectivity index (χ1v) is 7.96. The molecule has 0 radical (unpaired) electrons. The van der Waals surface area contributed by atoms with Gasteiger partial charge in [-0.15, -0.1) is 10.2 Å². The van der Waals surface area contributed by atoms with E-state index in [-0.39, 0.29) is 12.6 Å². The monoisotopic (exact) mass is 343 g/mol. The predicted octanol–water partition coefficient (Wildman–Crippen LogP) is 2.15. The van der Waals surface area contributed by atoms with Gasteiger partial charge >= 0.3 is 0 Å². The van der Waals surface area contributed by atoms with E-state index in [2.05, 4.69) is 25.6 Å². The Kier molecular flexibility index (Phi) is 5.12. The van der Waals surface area contributed by atoms with Crippen LogP contribution in [0.2, 0.25) is 0 Å². The highest BCUT2D eigenvalue weighted by Crippen LogP contribution is 2.14. The van der Waals surface area contributed by atoms with E-state index in [4.69, 9.17) is 0 Å². The van der Waals surface area contributed by atoms with Gasteiger partial charge in [0.1, 0.15) is 11.5 Å². The number of halogens is 1. The average molecular weight is 343 g/mol. The van der Waals surface area contributed by atoms with Crippen LogP contribution in [0.1, 0.15) is 25.5 Å². The molecule has 0 bridgehead atoms. The van der Waals surface area contributed by atoms with Crippen molar-refractivity contribution in [2.75, 3.05) is 13.2 Å². The summed E-state index contributed by atoms with van der Waals surface area (Å²) in [5.74, 6) is -0.158. The number of carbonyl (C=O) groups excluding carboxylic acids is 1. The smallest absolute Gasteiger partial charge is 0.224 e. The van der Waals surface area contributed by atoms with Crippen molar-refractivity contribution in [1.29, 1.82) is 0 Å². The molecule has 0 unspecified atom stereocenters. The first-order chi connectivity index (χ1) is 12.2. The van der Waals surface area contributed by atoms with Crippen molar-refractivity contribution in [2.45, 2.75) is 19.8 Å². The van der Waals surface area contributed by atoms with Crippen LogP contribution in [0.15, 0.2) is 57.7 Å². The molecule has 0 fully saturated rings. The molecule has 1 amide bonds. The van der Waals surface area contributed by atoms with Gasteiger partial charge in [-0.1, -0.05) is 13.0 Å². The van der Waals surface area contributed by atoms with E-state index < -0.39 is 5.82 Å². The number of rotatable bonds is 5. The second kappa shape index (κ2) is 7.65. The largest absolute Gasteiger partial charge is 0.325 e. The number of amides is 1. The van der Waals surface area contributed by atoms with Crippen LogP contribution in [0, 0.1) is 5.82 Å². The van der Waals surface area contributed by atoms with Crippen LogP contribution in [-0.2, 0) is 4.79 Å². The van der Waals surface area contributed by atoms with Crippen molar-refractivity contribution < 1.29 is 9.18 Å². The van der Waals surface area contributed by atoms with Crippen molar-refractivity contribution in [3.63, 3.8) is 0 Å². The fraction of sp³-hybridized carbons (Fsp3) is 0.312. The van der Waals surface area contributed by atoms with Crippen molar-refractivity contribution >= 4 is 11.7 Å². The zero-order valence-corrected chi connectivity index (χ0v) is 13.8. The number of carbonyl (C=O) groups is 1. The number of aromatic nitrogens is 1. The Bertz CT molecular complexity index is 754. The summed E-state index contributed by atoms with van der Waals surface area (Å²) in [6, 6.07) is 2.79. The molecule has 0 aliphatic carbocycles. The summed E-state index contributed by atoms with van der Waals surface area (Å²) in [6.07, 6.45) is 7.92. The summed E-state index contributed by atoms with van der Waals surface area (Å²) >= 11 is 0. The van der Waals surface area contributed by atoms with Gasteiger partial charge in [-0.25, -0.2) is 9.37 Å². The fourth-order valence-electron chi connectivity index (χ4n) is 2.29. The number of nitrogens with zero attached hydrogens (tertiary/aromatic N) is 6. The molecule has 0 atom stereocenters. The topological polar surface area (TPSA) is 85.5 Å². The van der Waals surface area contributed by atoms with Crippen LogP contribution in [0.3, 0.4) is 0 Å². The highest BCUT2D eigenvalue weighted by molar-refractivity contribution is 5.97. The Morgan fingerprint density at radius 3 is 3.04 bits per heavy atom. The number of pyridine rings is 1. The summed E-state index contributed by atoms with van der Waals surface area (Å²) in [6.45, 7) is 2.77. The van der Waals surface area contributed by atoms with E-state index >= 15 is 0 Å². The van der Waals surface area contributed by atoms with Crippen molar-refractivity contribution in [1.82, 2.24) is 20.4 Å². The Morgan fingerprint density at radius 2 is 2.28 bits per heavy atom. The Balaban J connectivity index is 1.73. The molecule has 3 heterocycles. The second-order valence-electron chi connectivity index (χ2n) is 5.45. The van der Waals surface area contributed by atoms with Gasteiger partial charge < -0.3 is 5.32 Å². The van der Waals surface area contributed by atoms with Gasteiger partial charge in [0.25, 0.3) is 0 Å². The third kappa shape index (κ3) is 4.25. The van der Waals surface area contributed by atoms with Crippen LogP contribution >= 0.6 is 0 Å². The van der Waals surface area contributed by atoms with E-state index in [1.54, 1.807) is 11.3 Å². The summed E-state index contributed by atoms with van der Waals surface area (Å²) in [5.41, 5.74) is 1.12. The highest BCUT2D eigenvalue weighted by Gasteiger charge is 2.18. The Labute approximate surface area is 144 Å². The van der Waals surface area contributed by atoms with Gasteiger partial charge in [-0.05, 0) is 24.6 Å². The first kappa shape index (κ1) is 16.7. The van der Waals surface area contributed by atoms with Crippen LogP contribution in [-0.4, -0.2) is 40.1 Å². The molecular weight excluding hydrogens is 325 g/mol. The van der Waals surface area contributed by atoms with Gasteiger partial charge in [-0.3, -0.25) is 9.80 Å². The lowest BCUT2D eigenvalue weighted by molar-refractivity contribution is -0.120. The molecule has 9 heteroatoms. The van der Waals surface area contributed by atoms with Gasteiger partial charge in [0.2, 0.25) is 11.7 Å². The zero-order valence-electron chi connectivity index (χ0n) is 13.8. The number of hydrogen-bond donors (Lipinski definition) is 1. The molecule has 0 saturated carbocycles. The lowest BCUT2D eigenvalue weighted by Gasteiger charge is -2.32. The third-order valence-corrected chi connectivity index (χ3v) is 3.46. The number of amidine groups is 1. The third-order valence-electron chi connectivity index (χ3n) is 3.46. The predicted molar refractivity (Wildman–Crippen MR) is 89.3 cm³/mol. The summed E-state index contributed by atoms with van der Waals surface area (Å²) in [5, 5.41) is 18.7. The molecule has 2 aliphatic rings. The maximum atomic E-state index is 13.0. The van der Waals surface area contributed by atoms with E-state index in [9.17, 15) is 9.18 Å². The van der Waals surface area contributed by atoms with E-state index in [0.717, 1.165) is 12.6 Å². The normalized spacial score (nSPS) is 16.6. The molecular formula is C16H18FN7O. The molecule has 0 aromatic carbocycles. The molecule has 0 saturated heterocycles. The lowest BCUT2D eigenvalue weighted by atomic mass is 10.3. The number of hydrogen-bond acceptors (Lipinski definition) is 7. The van der Waals surface area contributed by atoms with Gasteiger partial charge in [0.05, 0.1) is 18.4 Å². The maximum Gasteiger partial charge on any atom is 0.224 e. The summed E-state index contributed by atoms with van der Waals surface area (Å²) in [4.78, 5) is 15.7. The zero-order chi connectivity index (χ0) is 17.6. The summed E-state index contributed by atoms with van der Waals surface area (Å²) in [7, 11) is 0. The van der Waals surface area contributed by atoms with Crippen molar-refractivity contribution in [3.05, 3.63) is 53.9 Å². The van der Waals surface area contributed by atoms with E-state index in [0.29, 0.717) is 30.2 Å². The molecule has 130 valence electrons. The van der Waals surface area contributed by atoms with E-state index in [1.807, 2.05) is 24.1 Å². The fourth-order valence-corrected chi connectivity index (χ4v) is 2.29. The van der Waals surface area contributed by atoms with Crippen LogP contribution in [0.25, 0.3) is 0 Å². The average Bonchev–Trinajstić information content (AvgIpc) is 2.63. The van der Waals surface area contributed by atoms with Crippen LogP contribution < -0.4 is 5.32 Å². The van der Waals surface area contributed by atoms with Crippen molar-refractivity contribution in [2.24, 2.45) is 15.3 Å². The first-order valence-electron chi connectivity index (χ1n) is 7.96. The minimum absolute atomic E-state index is 0.0294. The molecule has 8 nitrogen and oxygen atoms in total. The number of hydrazone groups is 1. The van der Waals surface area contributed by atoms with Crippen LogP contribution in [0.4, 0.5) is 4.39 Å². The molecule has 2 aliphatic heterocycles. The molecule has 25 heavy (non-hydrogen) atoms. The quantitative estimate of drug-likeness (QED) is 0.888. The molecule has 3 rings (SSSR count). The standard InChI is InChI=1S/C16H18FN7O/c1-2-4-15(25)20-13-5-3-8-23(10-13)24-11-19-21-16(22-24)14-7-6-12(17)9-18-14/h3,5-7,9-10H,2,4,8,11H2,1H3,(H,20,25). The van der Waals surface area contributed by atoms with E-state index in [1.165, 1.54) is 12.1 Å². The number of nitrogens with one attached hydrogen (secondary N) is 1. The number of allylic oxidation sites excluding steroid dienone is 1. The molecule has 0 spiro atoms. The van der Waals surface area contributed by atoms with Gasteiger partial charge in [-0.2, -0.15) is 10.2 Å². The van der Waals surface area contributed by atoms with Crippen LogP contribution in [0.5, 0.6) is 0 Å². The minimum Gasteiger partial charge on any atom is -0.325 e. The Hall–Kier alpha value is -3.10. The number of hydrazine groups is 1. The molecule has 1 N–H and O–H groups in total. The highest BCUT2D eigenvalue weighted by atomic mass is 19.1. The lowest BCUT2D eigenvalue weighted by Crippen LogP contribution is -2.40. The Morgan fingerprint density at radius 1 is 1.40 bits per heavy atom. The minimum atomic E-state index is -0.425. The van der Waals surface area contributed by atoms with Gasteiger partial charge in [0, 0.05) is 12.6 Å². The van der Waals surface area contributed by atoms with Gasteiger partial charge in [0.15, 0.2) is 6.67 Å². The SMILES string of the molecule is CCCC(=O)NC1=CN(N2CN=NC(c3ccc(F)cn3)=N2)CC=C1. The number of azo groups is 1. The summed E-state index contributed by atoms with van der Waals surface area (Å²) < 4.78 is 13.0. The van der Waals surface area contributed by atoms with Crippen molar-refractivity contribution in [3.8, 4) is 0 Å². The maximum absolute atomic E-state index is 13.0. The molecule has 1 aromatic rings. The second-order valence-corrected chi connectivity index (χ2v) is 5.45. The molecule has 1 aromatic heterocycles.